The SMILES string of the molecule is I.NC(=NCCS(=O)(=O)NCC1CCCCO1)N1CCSCC1. The van der Waals surface area contributed by atoms with Gasteiger partial charge in [0.1, 0.15) is 0 Å². The van der Waals surface area contributed by atoms with Gasteiger partial charge >= 0.3 is 0 Å². The molecule has 23 heavy (non-hydrogen) atoms. The molecule has 0 saturated carbocycles. The average Bonchev–Trinajstić information content (AvgIpc) is 2.55. The Kier molecular flexibility index (Phi) is 10.1. The smallest absolute Gasteiger partial charge is 0.213 e. The molecular formula is C13H27IN4O3S2. The summed E-state index contributed by atoms with van der Waals surface area (Å²) in [6, 6.07) is 0. The molecule has 3 N–H and O–H groups in total. The van der Waals surface area contributed by atoms with E-state index in [0.29, 0.717) is 12.5 Å². The minimum Gasteiger partial charge on any atom is -0.377 e. The second kappa shape index (κ2) is 11.0. The summed E-state index contributed by atoms with van der Waals surface area (Å²) in [5.41, 5.74) is 5.90. The second-order valence-electron chi connectivity index (χ2n) is 5.50. The third-order valence-electron chi connectivity index (χ3n) is 3.77. The molecule has 1 unspecified atom stereocenters. The zero-order chi connectivity index (χ0) is 15.8. The molecule has 10 heteroatoms. The van der Waals surface area contributed by atoms with Crippen molar-refractivity contribution in [2.24, 2.45) is 10.7 Å². The number of nitrogens with one attached hydrogen (secondary N) is 1. The molecule has 1 atom stereocenters. The number of aliphatic imine (C=N–C) groups is 1. The Labute approximate surface area is 160 Å². The highest BCUT2D eigenvalue weighted by atomic mass is 127. The molecule has 2 saturated heterocycles. The summed E-state index contributed by atoms with van der Waals surface area (Å²) in [4.78, 5) is 6.19. The van der Waals surface area contributed by atoms with Gasteiger partial charge in [-0.25, -0.2) is 13.1 Å². The molecule has 0 bridgehead atoms. The van der Waals surface area contributed by atoms with Gasteiger partial charge in [0.2, 0.25) is 10.0 Å². The molecule has 0 radical (unpaired) electrons. The van der Waals surface area contributed by atoms with Gasteiger partial charge in [0.25, 0.3) is 0 Å². The van der Waals surface area contributed by atoms with Gasteiger partial charge in [-0.15, -0.1) is 24.0 Å². The van der Waals surface area contributed by atoms with Crippen molar-refractivity contribution < 1.29 is 13.2 Å². The summed E-state index contributed by atoms with van der Waals surface area (Å²) in [6.07, 6.45) is 3.08. The minimum absolute atomic E-state index is 0. The van der Waals surface area contributed by atoms with E-state index >= 15 is 0 Å². The molecule has 0 aliphatic carbocycles. The Balaban J connectivity index is 0.00000264. The maximum atomic E-state index is 11.9. The molecule has 2 aliphatic heterocycles. The summed E-state index contributed by atoms with van der Waals surface area (Å²) in [7, 11) is -3.32. The number of ether oxygens (including phenoxy) is 1. The fourth-order valence-electron chi connectivity index (χ4n) is 2.43. The van der Waals surface area contributed by atoms with Crippen molar-refractivity contribution in [2.75, 3.05) is 50.0 Å². The number of thioether (sulfide) groups is 1. The summed E-state index contributed by atoms with van der Waals surface area (Å²) < 4.78 is 32.0. The molecule has 2 rings (SSSR count). The molecule has 7 nitrogen and oxygen atoms in total. The predicted octanol–water partition coefficient (Wildman–Crippen LogP) is 0.456. The van der Waals surface area contributed by atoms with Crippen molar-refractivity contribution in [1.29, 1.82) is 0 Å². The number of hydrogen-bond donors (Lipinski definition) is 2. The third-order valence-corrected chi connectivity index (χ3v) is 6.04. The van der Waals surface area contributed by atoms with E-state index in [9.17, 15) is 8.42 Å². The van der Waals surface area contributed by atoms with Crippen LogP contribution in [0.25, 0.3) is 0 Å². The van der Waals surface area contributed by atoms with E-state index in [4.69, 9.17) is 10.5 Å². The number of nitrogens with zero attached hydrogens (tertiary/aromatic N) is 2. The summed E-state index contributed by atoms with van der Waals surface area (Å²) in [6.45, 7) is 3.02. The number of sulfonamides is 1. The lowest BCUT2D eigenvalue weighted by atomic mass is 10.1. The molecular weight excluding hydrogens is 451 g/mol. The van der Waals surface area contributed by atoms with Crippen molar-refractivity contribution in [3.8, 4) is 0 Å². The Morgan fingerprint density at radius 3 is 2.74 bits per heavy atom. The van der Waals surface area contributed by atoms with Gasteiger partial charge in [-0.1, -0.05) is 0 Å². The van der Waals surface area contributed by atoms with Crippen LogP contribution < -0.4 is 10.5 Å². The first-order valence-electron chi connectivity index (χ1n) is 7.78. The topological polar surface area (TPSA) is 97.0 Å². The van der Waals surface area contributed by atoms with Gasteiger partial charge < -0.3 is 15.4 Å². The van der Waals surface area contributed by atoms with E-state index in [0.717, 1.165) is 50.5 Å². The quantitative estimate of drug-likeness (QED) is 0.327. The van der Waals surface area contributed by atoms with Crippen molar-refractivity contribution in [2.45, 2.75) is 25.4 Å². The van der Waals surface area contributed by atoms with Gasteiger partial charge in [-0.05, 0) is 19.3 Å². The van der Waals surface area contributed by atoms with Crippen LogP contribution in [0, 0.1) is 0 Å². The number of halogens is 1. The average molecular weight is 478 g/mol. The largest absolute Gasteiger partial charge is 0.377 e. The summed E-state index contributed by atoms with van der Waals surface area (Å²) >= 11 is 1.89. The number of rotatable bonds is 6. The van der Waals surface area contributed by atoms with Crippen LogP contribution in [0.4, 0.5) is 0 Å². The molecule has 0 spiro atoms. The van der Waals surface area contributed by atoms with Crippen LogP contribution in [0.1, 0.15) is 19.3 Å². The molecule has 0 aromatic carbocycles. The van der Waals surface area contributed by atoms with Crippen molar-refractivity contribution in [1.82, 2.24) is 9.62 Å². The highest BCUT2D eigenvalue weighted by Gasteiger charge is 2.18. The van der Waals surface area contributed by atoms with E-state index in [-0.39, 0.29) is 42.4 Å². The van der Waals surface area contributed by atoms with E-state index in [1.54, 1.807) is 0 Å². The molecule has 0 aromatic heterocycles. The lowest BCUT2D eigenvalue weighted by molar-refractivity contribution is 0.0200. The third kappa shape index (κ3) is 8.23. The van der Waals surface area contributed by atoms with Gasteiger partial charge in [-0.2, -0.15) is 11.8 Å². The van der Waals surface area contributed by atoms with Crippen molar-refractivity contribution in [3.63, 3.8) is 0 Å². The number of nitrogens with two attached hydrogens (primary N) is 1. The highest BCUT2D eigenvalue weighted by molar-refractivity contribution is 14.0. The second-order valence-corrected chi connectivity index (χ2v) is 8.65. The molecule has 0 aromatic rings. The van der Waals surface area contributed by atoms with Gasteiger partial charge in [-0.3, -0.25) is 4.99 Å². The molecule has 2 heterocycles. The first kappa shape index (κ1) is 21.3. The number of guanidine groups is 1. The molecule has 2 aliphatic rings. The fraction of sp³-hybridized carbons (Fsp3) is 0.923. The predicted molar refractivity (Wildman–Crippen MR) is 106 cm³/mol. The molecule has 136 valence electrons. The van der Waals surface area contributed by atoms with Crippen LogP contribution in [0.3, 0.4) is 0 Å². The standard InChI is InChI=1S/C13H26N4O3S2.HI/c14-13(17-5-8-21-9-6-17)15-4-10-22(18,19)16-11-12-3-1-2-7-20-12;/h12,16H,1-11H2,(H2,14,15);1H. The fourth-order valence-corrected chi connectivity index (χ4v) is 4.25. The van der Waals surface area contributed by atoms with E-state index in [1.165, 1.54) is 0 Å². The van der Waals surface area contributed by atoms with Gasteiger partial charge in [0, 0.05) is 37.7 Å². The molecule has 0 amide bonds. The highest BCUT2D eigenvalue weighted by Crippen LogP contribution is 2.12. The Morgan fingerprint density at radius 2 is 2.09 bits per heavy atom. The van der Waals surface area contributed by atoms with E-state index in [1.807, 2.05) is 16.7 Å². The molecule has 2 fully saturated rings. The van der Waals surface area contributed by atoms with Crippen molar-refractivity contribution in [3.05, 3.63) is 0 Å². The van der Waals surface area contributed by atoms with E-state index in [2.05, 4.69) is 9.71 Å². The Hall–Kier alpha value is 0.220. The zero-order valence-electron chi connectivity index (χ0n) is 13.3. The van der Waals surface area contributed by atoms with Crippen LogP contribution in [-0.2, 0) is 14.8 Å². The van der Waals surface area contributed by atoms with Crippen LogP contribution >= 0.6 is 35.7 Å². The van der Waals surface area contributed by atoms with Crippen LogP contribution in [-0.4, -0.2) is 75.4 Å². The van der Waals surface area contributed by atoms with Gasteiger partial charge in [0.15, 0.2) is 5.96 Å². The summed E-state index contributed by atoms with van der Waals surface area (Å²) in [5.74, 6) is 2.49. The Morgan fingerprint density at radius 1 is 1.35 bits per heavy atom. The maximum Gasteiger partial charge on any atom is 0.213 e. The summed E-state index contributed by atoms with van der Waals surface area (Å²) in [5, 5.41) is 0. The van der Waals surface area contributed by atoms with Crippen LogP contribution in [0.15, 0.2) is 4.99 Å². The zero-order valence-corrected chi connectivity index (χ0v) is 17.2. The normalized spacial score (nSPS) is 23.4. The first-order valence-corrected chi connectivity index (χ1v) is 10.6. The lowest BCUT2D eigenvalue weighted by Crippen LogP contribution is -2.43. The van der Waals surface area contributed by atoms with Crippen molar-refractivity contribution >= 4 is 51.7 Å². The minimum atomic E-state index is -3.32. The Bertz CT molecular complexity index is 464. The van der Waals surface area contributed by atoms with Gasteiger partial charge in [0.05, 0.1) is 18.4 Å². The lowest BCUT2D eigenvalue weighted by Gasteiger charge is -2.27. The maximum absolute atomic E-state index is 11.9. The van der Waals surface area contributed by atoms with Crippen LogP contribution in [0.5, 0.6) is 0 Å². The monoisotopic (exact) mass is 478 g/mol. The van der Waals surface area contributed by atoms with E-state index < -0.39 is 10.0 Å². The number of hydrogen-bond acceptors (Lipinski definition) is 5. The van der Waals surface area contributed by atoms with Crippen LogP contribution in [0.2, 0.25) is 0 Å². The first-order chi connectivity index (χ1) is 10.6.